The summed E-state index contributed by atoms with van der Waals surface area (Å²) >= 11 is 0. The number of carbonyl (C=O) groups excluding carboxylic acids is 1. The maximum absolute atomic E-state index is 12.3. The van der Waals surface area contributed by atoms with E-state index < -0.39 is 36.8 Å². The standard InChI is InChI=1S/C17H20F3NO5/c18-17(19,20)11-26-13-6-2-1-5-12(13)25-10-14(22)21-16(9-15(23)24)7-3-4-8-16/h1-2,5-6H,3-4,7-11H2,(H,21,22)(H,23,24). The van der Waals surface area contributed by atoms with E-state index in [1.165, 1.54) is 24.3 Å². The molecule has 0 bridgehead atoms. The van der Waals surface area contributed by atoms with E-state index in [4.69, 9.17) is 9.84 Å². The van der Waals surface area contributed by atoms with E-state index >= 15 is 0 Å². The molecule has 144 valence electrons. The smallest absolute Gasteiger partial charge is 0.422 e. The Morgan fingerprint density at radius 1 is 1.12 bits per heavy atom. The molecule has 1 aliphatic rings. The number of alkyl halides is 3. The maximum atomic E-state index is 12.3. The van der Waals surface area contributed by atoms with Crippen molar-refractivity contribution in [1.82, 2.24) is 5.32 Å². The first kappa shape index (κ1) is 19.9. The molecule has 1 aromatic rings. The zero-order valence-electron chi connectivity index (χ0n) is 14.0. The number of hydrogen-bond acceptors (Lipinski definition) is 4. The van der Waals surface area contributed by atoms with Gasteiger partial charge in [-0.15, -0.1) is 0 Å². The second kappa shape index (κ2) is 8.29. The number of halogens is 3. The third-order valence-corrected chi connectivity index (χ3v) is 4.05. The molecule has 0 saturated heterocycles. The molecule has 0 aromatic heterocycles. The quantitative estimate of drug-likeness (QED) is 0.730. The third-order valence-electron chi connectivity index (χ3n) is 4.05. The van der Waals surface area contributed by atoms with Crippen molar-refractivity contribution in [3.8, 4) is 11.5 Å². The summed E-state index contributed by atoms with van der Waals surface area (Å²) in [4.78, 5) is 23.2. The Kier molecular flexibility index (Phi) is 6.33. The highest BCUT2D eigenvalue weighted by molar-refractivity contribution is 5.79. The van der Waals surface area contributed by atoms with Crippen molar-refractivity contribution >= 4 is 11.9 Å². The van der Waals surface area contributed by atoms with Crippen molar-refractivity contribution in [2.75, 3.05) is 13.2 Å². The van der Waals surface area contributed by atoms with E-state index in [2.05, 4.69) is 10.1 Å². The summed E-state index contributed by atoms with van der Waals surface area (Å²) in [7, 11) is 0. The average Bonchev–Trinajstić information content (AvgIpc) is 2.98. The highest BCUT2D eigenvalue weighted by Gasteiger charge is 2.37. The fraction of sp³-hybridized carbons (Fsp3) is 0.529. The summed E-state index contributed by atoms with van der Waals surface area (Å²) in [5.74, 6) is -1.65. The van der Waals surface area contributed by atoms with E-state index in [9.17, 15) is 22.8 Å². The Balaban J connectivity index is 1.93. The number of rotatable bonds is 8. The Morgan fingerprint density at radius 3 is 2.23 bits per heavy atom. The summed E-state index contributed by atoms with van der Waals surface area (Å²) in [6, 6.07) is 5.72. The Bertz CT molecular complexity index is 642. The third kappa shape index (κ3) is 6.12. The monoisotopic (exact) mass is 375 g/mol. The van der Waals surface area contributed by atoms with Gasteiger partial charge in [0.25, 0.3) is 5.91 Å². The fourth-order valence-electron chi connectivity index (χ4n) is 3.01. The van der Waals surface area contributed by atoms with Crippen molar-refractivity contribution in [3.63, 3.8) is 0 Å². The van der Waals surface area contributed by atoms with Gasteiger partial charge in [0, 0.05) is 0 Å². The topological polar surface area (TPSA) is 84.9 Å². The van der Waals surface area contributed by atoms with Gasteiger partial charge >= 0.3 is 12.1 Å². The number of aliphatic carboxylic acids is 1. The van der Waals surface area contributed by atoms with Crippen LogP contribution in [0.5, 0.6) is 11.5 Å². The van der Waals surface area contributed by atoms with Crippen molar-refractivity contribution in [1.29, 1.82) is 0 Å². The number of amides is 1. The van der Waals surface area contributed by atoms with Crippen LogP contribution in [-0.4, -0.2) is 41.9 Å². The van der Waals surface area contributed by atoms with Crippen LogP contribution in [0.25, 0.3) is 0 Å². The van der Waals surface area contributed by atoms with Gasteiger partial charge in [-0.05, 0) is 25.0 Å². The summed E-state index contributed by atoms with van der Waals surface area (Å²) in [6.45, 7) is -1.92. The van der Waals surface area contributed by atoms with Gasteiger partial charge in [-0.2, -0.15) is 13.2 Å². The van der Waals surface area contributed by atoms with Crippen LogP contribution in [0.3, 0.4) is 0 Å². The first-order valence-electron chi connectivity index (χ1n) is 8.13. The second-order valence-electron chi connectivity index (χ2n) is 6.25. The van der Waals surface area contributed by atoms with Crippen molar-refractivity contribution in [2.24, 2.45) is 0 Å². The van der Waals surface area contributed by atoms with Gasteiger partial charge in [-0.1, -0.05) is 25.0 Å². The van der Waals surface area contributed by atoms with Gasteiger partial charge < -0.3 is 19.9 Å². The average molecular weight is 375 g/mol. The van der Waals surface area contributed by atoms with E-state index in [1.54, 1.807) is 0 Å². The molecule has 0 unspecified atom stereocenters. The molecule has 2 rings (SSSR count). The van der Waals surface area contributed by atoms with E-state index in [1.807, 2.05) is 0 Å². The number of carboxylic acid groups (broad SMARTS) is 1. The molecule has 1 saturated carbocycles. The fourth-order valence-corrected chi connectivity index (χ4v) is 3.01. The van der Waals surface area contributed by atoms with Crippen LogP contribution >= 0.6 is 0 Å². The number of carbonyl (C=O) groups is 2. The van der Waals surface area contributed by atoms with Gasteiger partial charge in [0.15, 0.2) is 24.7 Å². The lowest BCUT2D eigenvalue weighted by atomic mass is 9.93. The number of carboxylic acids is 1. The van der Waals surface area contributed by atoms with E-state index in [-0.39, 0.29) is 17.9 Å². The highest BCUT2D eigenvalue weighted by Crippen LogP contribution is 2.33. The summed E-state index contributed by atoms with van der Waals surface area (Å²) in [5.41, 5.74) is -0.793. The first-order valence-corrected chi connectivity index (χ1v) is 8.13. The van der Waals surface area contributed by atoms with Gasteiger partial charge in [-0.3, -0.25) is 9.59 Å². The van der Waals surface area contributed by atoms with Crippen molar-refractivity contribution in [3.05, 3.63) is 24.3 Å². The molecule has 0 heterocycles. The lowest BCUT2D eigenvalue weighted by Crippen LogP contribution is -2.49. The molecule has 2 N–H and O–H groups in total. The Hall–Kier alpha value is -2.45. The zero-order chi connectivity index (χ0) is 19.2. The number of hydrogen-bond donors (Lipinski definition) is 2. The van der Waals surface area contributed by atoms with Gasteiger partial charge in [0.05, 0.1) is 12.0 Å². The van der Waals surface area contributed by atoms with Crippen LogP contribution < -0.4 is 14.8 Å². The largest absolute Gasteiger partial charge is 0.481 e. The predicted octanol–water partition coefficient (Wildman–Crippen LogP) is 2.91. The lowest BCUT2D eigenvalue weighted by molar-refractivity contribution is -0.153. The first-order chi connectivity index (χ1) is 12.2. The SMILES string of the molecule is O=C(O)CC1(NC(=O)COc2ccccc2OCC(F)(F)F)CCCC1. The summed E-state index contributed by atoms with van der Waals surface area (Å²) < 4.78 is 46.8. The maximum Gasteiger partial charge on any atom is 0.422 e. The van der Waals surface area contributed by atoms with Gasteiger partial charge in [0.1, 0.15) is 0 Å². The minimum Gasteiger partial charge on any atom is -0.481 e. The molecule has 1 aliphatic carbocycles. The highest BCUT2D eigenvalue weighted by atomic mass is 19.4. The van der Waals surface area contributed by atoms with Crippen LogP contribution in [0.1, 0.15) is 32.1 Å². The molecule has 0 aliphatic heterocycles. The van der Waals surface area contributed by atoms with Gasteiger partial charge in [-0.25, -0.2) is 0 Å². The molecular formula is C17H20F3NO5. The summed E-state index contributed by atoms with van der Waals surface area (Å²) in [6.07, 6.45) is -1.89. The van der Waals surface area contributed by atoms with E-state index in [0.717, 1.165) is 12.8 Å². The lowest BCUT2D eigenvalue weighted by Gasteiger charge is -2.28. The zero-order valence-corrected chi connectivity index (χ0v) is 14.0. The second-order valence-corrected chi connectivity index (χ2v) is 6.25. The molecule has 1 amide bonds. The Morgan fingerprint density at radius 2 is 1.69 bits per heavy atom. The molecule has 9 heteroatoms. The van der Waals surface area contributed by atoms with Crippen LogP contribution in [0.15, 0.2) is 24.3 Å². The normalized spacial score (nSPS) is 16.1. The van der Waals surface area contributed by atoms with E-state index in [0.29, 0.717) is 12.8 Å². The van der Waals surface area contributed by atoms with Crippen LogP contribution in [0.4, 0.5) is 13.2 Å². The van der Waals surface area contributed by atoms with Crippen molar-refractivity contribution < 1.29 is 37.3 Å². The number of ether oxygens (including phenoxy) is 2. The molecule has 0 atom stereocenters. The molecule has 0 radical (unpaired) electrons. The summed E-state index contributed by atoms with van der Waals surface area (Å²) in [5, 5.41) is 11.7. The van der Waals surface area contributed by atoms with Crippen molar-refractivity contribution in [2.45, 2.75) is 43.8 Å². The predicted molar refractivity (Wildman–Crippen MR) is 85.1 cm³/mol. The van der Waals surface area contributed by atoms with Crippen LogP contribution in [0, 0.1) is 0 Å². The molecule has 26 heavy (non-hydrogen) atoms. The molecular weight excluding hydrogens is 355 g/mol. The number of nitrogens with one attached hydrogen (secondary N) is 1. The number of benzene rings is 1. The van der Waals surface area contributed by atoms with Crippen LogP contribution in [-0.2, 0) is 9.59 Å². The van der Waals surface area contributed by atoms with Crippen LogP contribution in [0.2, 0.25) is 0 Å². The minimum atomic E-state index is -4.49. The molecule has 6 nitrogen and oxygen atoms in total. The molecule has 1 fully saturated rings. The number of para-hydroxylation sites is 2. The molecule has 1 aromatic carbocycles. The minimum absolute atomic E-state index is 0.00519. The van der Waals surface area contributed by atoms with Gasteiger partial charge in [0.2, 0.25) is 0 Å². The Labute approximate surface area is 148 Å². The molecule has 0 spiro atoms.